The molecule has 0 spiro atoms. The first kappa shape index (κ1) is 11.1. The van der Waals surface area contributed by atoms with E-state index in [1.807, 2.05) is 0 Å². The number of aromatic nitrogens is 1. The third-order valence-corrected chi connectivity index (χ3v) is 3.74. The van der Waals surface area contributed by atoms with Gasteiger partial charge in [-0.3, -0.25) is 4.98 Å². The lowest BCUT2D eigenvalue weighted by Crippen LogP contribution is -2.13. The maximum Gasteiger partial charge on any atom is 0.154 e. The van der Waals surface area contributed by atoms with Gasteiger partial charge < -0.3 is 5.73 Å². The van der Waals surface area contributed by atoms with Gasteiger partial charge in [0.25, 0.3) is 0 Å². The molecule has 2 N–H and O–H groups in total. The van der Waals surface area contributed by atoms with Gasteiger partial charge in [-0.2, -0.15) is 0 Å². The first-order chi connectivity index (χ1) is 6.46. The molecule has 5 heteroatoms. The zero-order valence-corrected chi connectivity index (χ0v) is 9.08. The fourth-order valence-electron chi connectivity index (χ4n) is 1.22. The van der Waals surface area contributed by atoms with Crippen molar-refractivity contribution < 1.29 is 8.42 Å². The Morgan fingerprint density at radius 3 is 2.71 bits per heavy atom. The van der Waals surface area contributed by atoms with E-state index < -0.39 is 15.1 Å². The zero-order chi connectivity index (χ0) is 10.8. The maximum atomic E-state index is 11.3. The molecule has 1 aromatic rings. The second-order valence-electron chi connectivity index (χ2n) is 3.22. The van der Waals surface area contributed by atoms with Crippen molar-refractivity contribution in [1.82, 2.24) is 4.98 Å². The van der Waals surface area contributed by atoms with Crippen molar-refractivity contribution in [1.29, 1.82) is 0 Å². The van der Waals surface area contributed by atoms with Gasteiger partial charge in [0.1, 0.15) is 0 Å². The van der Waals surface area contributed by atoms with E-state index in [-0.39, 0.29) is 6.54 Å². The zero-order valence-electron chi connectivity index (χ0n) is 8.27. The van der Waals surface area contributed by atoms with Crippen LogP contribution in [-0.2, 0) is 16.4 Å². The highest BCUT2D eigenvalue weighted by atomic mass is 32.2. The molecule has 0 aliphatic rings. The Morgan fingerprint density at radius 2 is 2.21 bits per heavy atom. The van der Waals surface area contributed by atoms with E-state index in [2.05, 4.69) is 4.98 Å². The SMILES string of the molecule is CC(c1cccnc1CN)S(C)(=O)=O. The first-order valence-corrected chi connectivity index (χ1v) is 6.25. The average Bonchev–Trinajstić information content (AvgIpc) is 2.15. The smallest absolute Gasteiger partial charge is 0.154 e. The molecule has 0 fully saturated rings. The van der Waals surface area contributed by atoms with E-state index in [1.54, 1.807) is 25.3 Å². The first-order valence-electron chi connectivity index (χ1n) is 4.29. The molecule has 1 atom stereocenters. The number of nitrogens with zero attached hydrogens (tertiary/aromatic N) is 1. The molecular weight excluding hydrogens is 200 g/mol. The van der Waals surface area contributed by atoms with Gasteiger partial charge in [-0.05, 0) is 18.6 Å². The molecule has 78 valence electrons. The van der Waals surface area contributed by atoms with Gasteiger partial charge in [-0.1, -0.05) is 6.07 Å². The molecule has 0 aromatic carbocycles. The third-order valence-electron chi connectivity index (χ3n) is 2.20. The highest BCUT2D eigenvalue weighted by molar-refractivity contribution is 7.90. The summed E-state index contributed by atoms with van der Waals surface area (Å²) in [7, 11) is -3.08. The molecule has 0 saturated heterocycles. The molecule has 0 radical (unpaired) electrons. The molecule has 0 saturated carbocycles. The van der Waals surface area contributed by atoms with E-state index >= 15 is 0 Å². The molecule has 1 unspecified atom stereocenters. The lowest BCUT2D eigenvalue weighted by Gasteiger charge is -2.12. The topological polar surface area (TPSA) is 73.0 Å². The molecule has 14 heavy (non-hydrogen) atoms. The van der Waals surface area contributed by atoms with E-state index in [0.717, 1.165) is 0 Å². The van der Waals surface area contributed by atoms with E-state index in [9.17, 15) is 8.42 Å². The molecule has 0 bridgehead atoms. The van der Waals surface area contributed by atoms with Crippen LogP contribution in [0.15, 0.2) is 18.3 Å². The van der Waals surface area contributed by atoms with Crippen molar-refractivity contribution in [2.24, 2.45) is 5.73 Å². The average molecular weight is 214 g/mol. The molecule has 0 amide bonds. The minimum absolute atomic E-state index is 0.260. The molecule has 0 aliphatic carbocycles. The minimum Gasteiger partial charge on any atom is -0.325 e. The van der Waals surface area contributed by atoms with Crippen LogP contribution in [0.5, 0.6) is 0 Å². The van der Waals surface area contributed by atoms with Crippen LogP contribution in [0.3, 0.4) is 0 Å². The second kappa shape index (κ2) is 4.06. The Bertz CT molecular complexity index is 415. The largest absolute Gasteiger partial charge is 0.325 e. The molecule has 1 aromatic heterocycles. The predicted molar refractivity (Wildman–Crippen MR) is 55.4 cm³/mol. The fraction of sp³-hybridized carbons (Fsp3) is 0.444. The van der Waals surface area contributed by atoms with E-state index in [0.29, 0.717) is 11.3 Å². The van der Waals surface area contributed by atoms with Gasteiger partial charge in [0, 0.05) is 19.0 Å². The Kier molecular flexibility index (Phi) is 3.23. The predicted octanol–water partition coefficient (Wildman–Crippen LogP) is 0.646. The van der Waals surface area contributed by atoms with Gasteiger partial charge in [0.05, 0.1) is 10.9 Å². The van der Waals surface area contributed by atoms with Crippen LogP contribution >= 0.6 is 0 Å². The molecular formula is C9H14N2O2S. The lowest BCUT2D eigenvalue weighted by molar-refractivity contribution is 0.591. The summed E-state index contributed by atoms with van der Waals surface area (Å²) in [6.45, 7) is 1.90. The third kappa shape index (κ3) is 2.30. The van der Waals surface area contributed by atoms with Gasteiger partial charge in [-0.15, -0.1) is 0 Å². The molecule has 4 nitrogen and oxygen atoms in total. The number of sulfone groups is 1. The van der Waals surface area contributed by atoms with Crippen LogP contribution < -0.4 is 5.73 Å². The van der Waals surface area contributed by atoms with Crippen LogP contribution in [0.1, 0.15) is 23.4 Å². The van der Waals surface area contributed by atoms with Crippen LogP contribution in [-0.4, -0.2) is 19.7 Å². The Hall–Kier alpha value is -0.940. The van der Waals surface area contributed by atoms with Gasteiger partial charge in [0.2, 0.25) is 0 Å². The summed E-state index contributed by atoms with van der Waals surface area (Å²) < 4.78 is 22.7. The van der Waals surface area contributed by atoms with Crippen LogP contribution in [0, 0.1) is 0 Å². The lowest BCUT2D eigenvalue weighted by atomic mass is 10.1. The quantitative estimate of drug-likeness (QED) is 0.801. The van der Waals surface area contributed by atoms with Gasteiger partial charge >= 0.3 is 0 Å². The summed E-state index contributed by atoms with van der Waals surface area (Å²) in [5, 5.41) is -0.547. The summed E-state index contributed by atoms with van der Waals surface area (Å²) in [5.74, 6) is 0. The summed E-state index contributed by atoms with van der Waals surface area (Å²) in [4.78, 5) is 4.04. The van der Waals surface area contributed by atoms with Crippen molar-refractivity contribution in [3.63, 3.8) is 0 Å². The van der Waals surface area contributed by atoms with Crippen LogP contribution in [0.2, 0.25) is 0 Å². The van der Waals surface area contributed by atoms with Crippen molar-refractivity contribution in [3.8, 4) is 0 Å². The summed E-state index contributed by atoms with van der Waals surface area (Å²) in [5.41, 5.74) is 6.81. The molecule has 1 heterocycles. The summed E-state index contributed by atoms with van der Waals surface area (Å²) >= 11 is 0. The Balaban J connectivity index is 3.19. The highest BCUT2D eigenvalue weighted by Crippen LogP contribution is 2.22. The minimum atomic E-state index is -3.08. The molecule has 1 rings (SSSR count). The van der Waals surface area contributed by atoms with Gasteiger partial charge in [0.15, 0.2) is 9.84 Å². The number of nitrogens with two attached hydrogens (primary N) is 1. The molecule has 0 aliphatic heterocycles. The van der Waals surface area contributed by atoms with Crippen molar-refractivity contribution >= 4 is 9.84 Å². The second-order valence-corrected chi connectivity index (χ2v) is 5.58. The fourth-order valence-corrected chi connectivity index (χ4v) is 1.90. The van der Waals surface area contributed by atoms with Gasteiger partial charge in [-0.25, -0.2) is 8.42 Å². The van der Waals surface area contributed by atoms with Crippen molar-refractivity contribution in [2.45, 2.75) is 18.7 Å². The number of hydrogen-bond donors (Lipinski definition) is 1. The summed E-state index contributed by atoms with van der Waals surface area (Å²) in [6, 6.07) is 3.47. The van der Waals surface area contributed by atoms with Crippen molar-refractivity contribution in [3.05, 3.63) is 29.6 Å². The van der Waals surface area contributed by atoms with E-state index in [1.165, 1.54) is 6.26 Å². The number of hydrogen-bond acceptors (Lipinski definition) is 4. The van der Waals surface area contributed by atoms with Crippen LogP contribution in [0.4, 0.5) is 0 Å². The maximum absolute atomic E-state index is 11.3. The normalized spacial score (nSPS) is 13.9. The number of pyridine rings is 1. The summed E-state index contributed by atoms with van der Waals surface area (Å²) in [6.07, 6.45) is 2.83. The standard InChI is InChI=1S/C9H14N2O2S/c1-7(14(2,12)13)8-4-3-5-11-9(8)6-10/h3-5,7H,6,10H2,1-2H3. The Labute approximate surface area is 84.1 Å². The Morgan fingerprint density at radius 1 is 1.57 bits per heavy atom. The van der Waals surface area contributed by atoms with Crippen molar-refractivity contribution in [2.75, 3.05) is 6.26 Å². The van der Waals surface area contributed by atoms with E-state index in [4.69, 9.17) is 5.73 Å². The van der Waals surface area contributed by atoms with Crippen LogP contribution in [0.25, 0.3) is 0 Å². The monoisotopic (exact) mass is 214 g/mol. The highest BCUT2D eigenvalue weighted by Gasteiger charge is 2.19. The number of rotatable bonds is 3.